The predicted octanol–water partition coefficient (Wildman–Crippen LogP) is 4.17. The van der Waals surface area contributed by atoms with Crippen molar-refractivity contribution in [1.29, 1.82) is 0 Å². The first-order valence-electron chi connectivity index (χ1n) is 7.00. The number of benzene rings is 1. The zero-order chi connectivity index (χ0) is 14.0. The van der Waals surface area contributed by atoms with Gasteiger partial charge in [0.2, 0.25) is 0 Å². The molecule has 2 rings (SSSR count). The van der Waals surface area contributed by atoms with Crippen molar-refractivity contribution in [2.45, 2.75) is 53.0 Å². The van der Waals surface area contributed by atoms with E-state index in [1.165, 1.54) is 30.4 Å². The van der Waals surface area contributed by atoms with E-state index in [2.05, 4.69) is 56.5 Å². The lowest BCUT2D eigenvalue weighted by atomic mass is 9.92. The van der Waals surface area contributed by atoms with E-state index in [9.17, 15) is 0 Å². The molecule has 0 radical (unpaired) electrons. The van der Waals surface area contributed by atoms with Crippen LogP contribution < -0.4 is 10.6 Å². The topological polar surface area (TPSA) is 24.1 Å². The summed E-state index contributed by atoms with van der Waals surface area (Å²) in [5.74, 6) is 0. The highest BCUT2D eigenvalue weighted by atomic mass is 32.1. The molecule has 1 aromatic rings. The highest BCUT2D eigenvalue weighted by molar-refractivity contribution is 7.80. The molecule has 0 bridgehead atoms. The molecule has 0 heterocycles. The number of rotatable bonds is 2. The fourth-order valence-electron chi connectivity index (χ4n) is 2.86. The Bertz CT molecular complexity index is 480. The van der Waals surface area contributed by atoms with Gasteiger partial charge in [0, 0.05) is 11.7 Å². The number of nitrogens with one attached hydrogen (secondary N) is 2. The van der Waals surface area contributed by atoms with Crippen LogP contribution in [-0.2, 0) is 0 Å². The lowest BCUT2D eigenvalue weighted by Crippen LogP contribution is -2.36. The lowest BCUT2D eigenvalue weighted by Gasteiger charge is -2.20. The summed E-state index contributed by atoms with van der Waals surface area (Å²) in [6, 6.07) is 6.89. The maximum Gasteiger partial charge on any atom is 0.171 e. The Morgan fingerprint density at radius 1 is 1.32 bits per heavy atom. The fourth-order valence-corrected chi connectivity index (χ4v) is 3.13. The third-order valence-electron chi connectivity index (χ3n) is 3.93. The van der Waals surface area contributed by atoms with Gasteiger partial charge < -0.3 is 10.6 Å². The molecule has 104 valence electrons. The highest BCUT2D eigenvalue weighted by Gasteiger charge is 2.31. The van der Waals surface area contributed by atoms with Crippen molar-refractivity contribution in [3.8, 4) is 0 Å². The van der Waals surface area contributed by atoms with Gasteiger partial charge in [-0.1, -0.05) is 31.5 Å². The third kappa shape index (κ3) is 3.93. The van der Waals surface area contributed by atoms with Gasteiger partial charge in [0.25, 0.3) is 0 Å². The summed E-state index contributed by atoms with van der Waals surface area (Å²) in [6.07, 6.45) is 3.68. The number of thiocarbonyl (C=S) groups is 1. The average molecular weight is 276 g/mol. The molecule has 1 aromatic carbocycles. The molecule has 0 aliphatic heterocycles. The van der Waals surface area contributed by atoms with E-state index in [4.69, 9.17) is 12.2 Å². The minimum Gasteiger partial charge on any atom is -0.360 e. The van der Waals surface area contributed by atoms with Gasteiger partial charge in [-0.15, -0.1) is 0 Å². The monoisotopic (exact) mass is 276 g/mol. The number of hydrogen-bond acceptors (Lipinski definition) is 1. The van der Waals surface area contributed by atoms with E-state index < -0.39 is 0 Å². The molecule has 1 saturated carbocycles. The molecule has 1 unspecified atom stereocenters. The SMILES string of the molecule is Cc1ccc(NC(=S)NC2CCC(C)(C)C2)c(C)c1. The molecule has 0 aromatic heterocycles. The highest BCUT2D eigenvalue weighted by Crippen LogP contribution is 2.36. The summed E-state index contributed by atoms with van der Waals surface area (Å²) in [4.78, 5) is 0. The Morgan fingerprint density at radius 2 is 2.05 bits per heavy atom. The Morgan fingerprint density at radius 3 is 2.63 bits per heavy atom. The Hall–Kier alpha value is -1.09. The van der Waals surface area contributed by atoms with Crippen molar-refractivity contribution in [1.82, 2.24) is 5.32 Å². The van der Waals surface area contributed by atoms with Crippen LogP contribution in [-0.4, -0.2) is 11.2 Å². The van der Waals surface area contributed by atoms with E-state index in [1.54, 1.807) is 0 Å². The first kappa shape index (κ1) is 14.3. The minimum absolute atomic E-state index is 0.451. The zero-order valence-corrected chi connectivity index (χ0v) is 13.2. The van der Waals surface area contributed by atoms with E-state index in [-0.39, 0.29) is 0 Å². The fraction of sp³-hybridized carbons (Fsp3) is 0.562. The summed E-state index contributed by atoms with van der Waals surface area (Å²) >= 11 is 5.42. The van der Waals surface area contributed by atoms with Gasteiger partial charge in [-0.3, -0.25) is 0 Å². The van der Waals surface area contributed by atoms with Gasteiger partial charge in [-0.05, 0) is 62.4 Å². The van der Waals surface area contributed by atoms with Gasteiger partial charge in [-0.25, -0.2) is 0 Å². The summed E-state index contributed by atoms with van der Waals surface area (Å²) in [5, 5.41) is 7.50. The molecule has 1 aliphatic carbocycles. The maximum absolute atomic E-state index is 5.42. The van der Waals surface area contributed by atoms with Crippen molar-refractivity contribution in [2.24, 2.45) is 5.41 Å². The summed E-state index contributed by atoms with van der Waals surface area (Å²) in [6.45, 7) is 8.87. The second kappa shape index (κ2) is 5.49. The molecule has 19 heavy (non-hydrogen) atoms. The summed E-state index contributed by atoms with van der Waals surface area (Å²) in [5.41, 5.74) is 4.06. The third-order valence-corrected chi connectivity index (χ3v) is 4.15. The predicted molar refractivity (Wildman–Crippen MR) is 86.7 cm³/mol. The van der Waals surface area contributed by atoms with Crippen molar-refractivity contribution in [2.75, 3.05) is 5.32 Å². The summed E-state index contributed by atoms with van der Waals surface area (Å²) in [7, 11) is 0. The van der Waals surface area contributed by atoms with Gasteiger partial charge >= 0.3 is 0 Å². The first-order chi connectivity index (χ1) is 8.85. The van der Waals surface area contributed by atoms with Crippen molar-refractivity contribution >= 4 is 23.0 Å². The van der Waals surface area contributed by atoms with Crippen LogP contribution in [0.25, 0.3) is 0 Å². The quantitative estimate of drug-likeness (QED) is 0.793. The van der Waals surface area contributed by atoms with Crippen LogP contribution in [0.1, 0.15) is 44.2 Å². The van der Waals surface area contributed by atoms with Crippen LogP contribution in [0.4, 0.5) is 5.69 Å². The van der Waals surface area contributed by atoms with Crippen LogP contribution in [0.5, 0.6) is 0 Å². The van der Waals surface area contributed by atoms with Gasteiger partial charge in [0.05, 0.1) is 0 Å². The molecule has 1 fully saturated rings. The van der Waals surface area contributed by atoms with Gasteiger partial charge in [-0.2, -0.15) is 0 Å². The zero-order valence-electron chi connectivity index (χ0n) is 12.3. The van der Waals surface area contributed by atoms with E-state index in [0.29, 0.717) is 11.5 Å². The second-order valence-electron chi connectivity index (χ2n) is 6.52. The van der Waals surface area contributed by atoms with Crippen molar-refractivity contribution < 1.29 is 0 Å². The van der Waals surface area contributed by atoms with Crippen LogP contribution in [0.15, 0.2) is 18.2 Å². The molecular formula is C16H24N2S. The Balaban J connectivity index is 1.91. The molecule has 1 aliphatic rings. The largest absolute Gasteiger partial charge is 0.360 e. The van der Waals surface area contributed by atoms with Crippen molar-refractivity contribution in [3.63, 3.8) is 0 Å². The Kier molecular flexibility index (Phi) is 4.14. The van der Waals surface area contributed by atoms with Gasteiger partial charge in [0.1, 0.15) is 0 Å². The molecule has 2 nitrogen and oxygen atoms in total. The van der Waals surface area contributed by atoms with E-state index in [1.807, 2.05) is 0 Å². The standard InChI is InChI=1S/C16H24N2S/c1-11-5-6-14(12(2)9-11)18-15(19)17-13-7-8-16(3,4)10-13/h5-6,9,13H,7-8,10H2,1-4H3,(H2,17,18,19). The normalized spacial score (nSPS) is 21.2. The van der Waals surface area contributed by atoms with Crippen LogP contribution in [0.3, 0.4) is 0 Å². The second-order valence-corrected chi connectivity index (χ2v) is 6.93. The average Bonchev–Trinajstić information content (AvgIpc) is 2.62. The molecule has 0 amide bonds. The molecule has 0 saturated heterocycles. The number of anilines is 1. The van der Waals surface area contributed by atoms with E-state index in [0.717, 1.165) is 10.8 Å². The molecule has 1 atom stereocenters. The van der Waals surface area contributed by atoms with Gasteiger partial charge in [0.15, 0.2) is 5.11 Å². The minimum atomic E-state index is 0.451. The van der Waals surface area contributed by atoms with Crippen LogP contribution >= 0.6 is 12.2 Å². The summed E-state index contributed by atoms with van der Waals surface area (Å²) < 4.78 is 0. The molecule has 3 heteroatoms. The maximum atomic E-state index is 5.42. The molecular weight excluding hydrogens is 252 g/mol. The number of aryl methyl sites for hydroxylation is 2. The van der Waals surface area contributed by atoms with Crippen LogP contribution in [0, 0.1) is 19.3 Å². The molecule has 0 spiro atoms. The van der Waals surface area contributed by atoms with Crippen LogP contribution in [0.2, 0.25) is 0 Å². The smallest absolute Gasteiger partial charge is 0.171 e. The number of hydrogen-bond donors (Lipinski definition) is 2. The lowest BCUT2D eigenvalue weighted by molar-refractivity contribution is 0.372. The van der Waals surface area contributed by atoms with E-state index >= 15 is 0 Å². The van der Waals surface area contributed by atoms with Crippen molar-refractivity contribution in [3.05, 3.63) is 29.3 Å². The molecule has 2 N–H and O–H groups in total. The Labute approximate surface area is 122 Å². The first-order valence-corrected chi connectivity index (χ1v) is 7.41.